The monoisotopic (exact) mass is 451 g/mol. The summed E-state index contributed by atoms with van der Waals surface area (Å²) in [7, 11) is 1.64. The molecule has 1 fully saturated rings. The first-order valence-electron chi connectivity index (χ1n) is 10.8. The van der Waals surface area contributed by atoms with Gasteiger partial charge in [-0.25, -0.2) is 4.99 Å². The Morgan fingerprint density at radius 1 is 1.09 bits per heavy atom. The van der Waals surface area contributed by atoms with Crippen molar-refractivity contribution in [1.29, 1.82) is 0 Å². The van der Waals surface area contributed by atoms with Crippen molar-refractivity contribution in [1.82, 2.24) is 4.90 Å². The van der Waals surface area contributed by atoms with E-state index in [1.54, 1.807) is 23.8 Å². The highest BCUT2D eigenvalue weighted by atomic mass is 32.2. The van der Waals surface area contributed by atoms with Crippen LogP contribution in [-0.2, 0) is 9.53 Å². The van der Waals surface area contributed by atoms with Gasteiger partial charge in [-0.15, -0.1) is 0 Å². The van der Waals surface area contributed by atoms with Gasteiger partial charge < -0.3 is 9.47 Å². The maximum atomic E-state index is 13.4. The SMILES string of the molecule is COc1ccc(/C=C2\N=C(SCCN3CCOCC3)N(c3cc(C)cc(C)c3)C2=O)cc1. The number of methoxy groups -OCH3 is 1. The number of carbonyl (C=O) groups is 1. The summed E-state index contributed by atoms with van der Waals surface area (Å²) in [5.41, 5.74) is 4.47. The van der Waals surface area contributed by atoms with Crippen LogP contribution >= 0.6 is 11.8 Å². The average molecular weight is 452 g/mol. The van der Waals surface area contributed by atoms with Crippen LogP contribution in [0.4, 0.5) is 5.69 Å². The molecule has 0 unspecified atom stereocenters. The summed E-state index contributed by atoms with van der Waals surface area (Å²) >= 11 is 1.63. The Bertz CT molecular complexity index is 1010. The number of aryl methyl sites for hydroxylation is 2. The second kappa shape index (κ2) is 10.3. The van der Waals surface area contributed by atoms with E-state index in [2.05, 4.69) is 11.0 Å². The van der Waals surface area contributed by atoms with Crippen LogP contribution in [0.3, 0.4) is 0 Å². The standard InChI is InChI=1S/C25H29N3O3S/c1-18-14-19(2)16-21(15-18)28-24(29)23(17-20-4-6-22(30-3)7-5-20)26-25(28)32-13-10-27-8-11-31-12-9-27/h4-7,14-17H,8-13H2,1-3H3/b23-17-. The first-order chi connectivity index (χ1) is 15.5. The topological polar surface area (TPSA) is 54.4 Å². The molecule has 2 aliphatic heterocycles. The maximum absolute atomic E-state index is 13.4. The summed E-state index contributed by atoms with van der Waals surface area (Å²) in [6.07, 6.45) is 1.84. The smallest absolute Gasteiger partial charge is 0.283 e. The molecular weight excluding hydrogens is 422 g/mol. The lowest BCUT2D eigenvalue weighted by Gasteiger charge is -2.26. The summed E-state index contributed by atoms with van der Waals surface area (Å²) in [6, 6.07) is 13.8. The van der Waals surface area contributed by atoms with E-state index in [1.807, 2.05) is 56.3 Å². The van der Waals surface area contributed by atoms with Crippen LogP contribution in [0.15, 0.2) is 53.2 Å². The zero-order valence-corrected chi connectivity index (χ0v) is 19.7. The van der Waals surface area contributed by atoms with E-state index in [0.29, 0.717) is 5.70 Å². The van der Waals surface area contributed by atoms with Crippen LogP contribution in [0.2, 0.25) is 0 Å². The first-order valence-corrected chi connectivity index (χ1v) is 11.8. The summed E-state index contributed by atoms with van der Waals surface area (Å²) in [4.78, 5) is 22.3. The second-order valence-corrected chi connectivity index (χ2v) is 9.05. The van der Waals surface area contributed by atoms with Crippen molar-refractivity contribution in [3.8, 4) is 5.75 Å². The van der Waals surface area contributed by atoms with Crippen LogP contribution < -0.4 is 9.64 Å². The number of amidine groups is 1. The number of benzene rings is 2. The number of amides is 1. The zero-order chi connectivity index (χ0) is 22.5. The predicted molar refractivity (Wildman–Crippen MR) is 132 cm³/mol. The lowest BCUT2D eigenvalue weighted by Crippen LogP contribution is -2.38. The molecule has 2 heterocycles. The Labute approximate surface area is 193 Å². The summed E-state index contributed by atoms with van der Waals surface area (Å²) in [5.74, 6) is 1.55. The van der Waals surface area contributed by atoms with Crippen LogP contribution in [0.25, 0.3) is 6.08 Å². The van der Waals surface area contributed by atoms with Gasteiger partial charge in [0.1, 0.15) is 11.4 Å². The van der Waals surface area contributed by atoms with Crippen molar-refractivity contribution in [2.24, 2.45) is 4.99 Å². The molecule has 0 spiro atoms. The van der Waals surface area contributed by atoms with Gasteiger partial charge in [0.15, 0.2) is 5.17 Å². The molecule has 7 heteroatoms. The van der Waals surface area contributed by atoms with E-state index in [4.69, 9.17) is 14.5 Å². The Balaban J connectivity index is 1.58. The highest BCUT2D eigenvalue weighted by Crippen LogP contribution is 2.31. The lowest BCUT2D eigenvalue weighted by molar-refractivity contribution is -0.113. The molecule has 0 radical (unpaired) electrons. The van der Waals surface area contributed by atoms with Crippen LogP contribution in [0, 0.1) is 13.8 Å². The van der Waals surface area contributed by atoms with Gasteiger partial charge in [-0.1, -0.05) is 30.0 Å². The third-order valence-corrected chi connectivity index (χ3v) is 6.37. The molecular formula is C25H29N3O3S. The molecule has 0 N–H and O–H groups in total. The molecule has 1 saturated heterocycles. The molecule has 4 rings (SSSR count). The minimum atomic E-state index is -0.0975. The maximum Gasteiger partial charge on any atom is 0.283 e. The number of aliphatic imine (C=N–C) groups is 1. The Morgan fingerprint density at radius 3 is 2.44 bits per heavy atom. The van der Waals surface area contributed by atoms with Crippen LogP contribution in [0.1, 0.15) is 16.7 Å². The van der Waals surface area contributed by atoms with Gasteiger partial charge in [0.05, 0.1) is 26.0 Å². The number of nitrogens with zero attached hydrogens (tertiary/aromatic N) is 3. The van der Waals surface area contributed by atoms with Gasteiger partial charge in [-0.05, 0) is 60.9 Å². The predicted octanol–water partition coefficient (Wildman–Crippen LogP) is 4.12. The quantitative estimate of drug-likeness (QED) is 0.619. The Kier molecular flexibility index (Phi) is 7.29. The summed E-state index contributed by atoms with van der Waals surface area (Å²) < 4.78 is 10.7. The molecule has 0 aromatic heterocycles. The minimum absolute atomic E-state index is 0.0975. The van der Waals surface area contributed by atoms with Crippen molar-refractivity contribution < 1.29 is 14.3 Å². The van der Waals surface area contributed by atoms with E-state index in [1.165, 1.54) is 0 Å². The van der Waals surface area contributed by atoms with Crippen LogP contribution in [-0.4, -0.2) is 61.7 Å². The fraction of sp³-hybridized carbons (Fsp3) is 0.360. The minimum Gasteiger partial charge on any atom is -0.497 e. The van der Waals surface area contributed by atoms with Gasteiger partial charge in [0.25, 0.3) is 5.91 Å². The Hall–Kier alpha value is -2.61. The molecule has 168 valence electrons. The number of ether oxygens (including phenoxy) is 2. The molecule has 2 aliphatic rings. The van der Waals surface area contributed by atoms with E-state index in [0.717, 1.165) is 71.9 Å². The lowest BCUT2D eigenvalue weighted by atomic mass is 10.1. The van der Waals surface area contributed by atoms with Crippen molar-refractivity contribution in [2.75, 3.05) is 50.6 Å². The highest BCUT2D eigenvalue weighted by Gasteiger charge is 2.32. The summed E-state index contributed by atoms with van der Waals surface area (Å²) in [5, 5.41) is 0.730. The number of thioether (sulfide) groups is 1. The highest BCUT2D eigenvalue weighted by molar-refractivity contribution is 8.14. The fourth-order valence-electron chi connectivity index (χ4n) is 3.85. The first kappa shape index (κ1) is 22.6. The van der Waals surface area contributed by atoms with Gasteiger partial charge >= 0.3 is 0 Å². The number of carbonyl (C=O) groups excluding carboxylic acids is 1. The van der Waals surface area contributed by atoms with Crippen molar-refractivity contribution in [3.63, 3.8) is 0 Å². The number of anilines is 1. The van der Waals surface area contributed by atoms with Gasteiger partial charge in [-0.2, -0.15) is 0 Å². The Morgan fingerprint density at radius 2 is 1.78 bits per heavy atom. The van der Waals surface area contributed by atoms with Gasteiger partial charge in [0.2, 0.25) is 0 Å². The van der Waals surface area contributed by atoms with Crippen molar-refractivity contribution >= 4 is 34.6 Å². The number of rotatable bonds is 6. The second-order valence-electron chi connectivity index (χ2n) is 7.99. The molecule has 1 amide bonds. The van der Waals surface area contributed by atoms with Crippen LogP contribution in [0.5, 0.6) is 5.75 Å². The molecule has 2 aromatic rings. The van der Waals surface area contributed by atoms with E-state index in [-0.39, 0.29) is 5.91 Å². The molecule has 0 atom stereocenters. The van der Waals surface area contributed by atoms with Crippen molar-refractivity contribution in [3.05, 3.63) is 64.9 Å². The molecule has 0 saturated carbocycles. The third kappa shape index (κ3) is 5.41. The molecule has 32 heavy (non-hydrogen) atoms. The van der Waals surface area contributed by atoms with Crippen molar-refractivity contribution in [2.45, 2.75) is 13.8 Å². The molecule has 6 nitrogen and oxygen atoms in total. The van der Waals surface area contributed by atoms with E-state index < -0.39 is 0 Å². The number of morpholine rings is 1. The number of hydrogen-bond acceptors (Lipinski definition) is 6. The average Bonchev–Trinajstić information content (AvgIpc) is 3.09. The zero-order valence-electron chi connectivity index (χ0n) is 18.8. The normalized spacial score (nSPS) is 18.3. The van der Waals surface area contributed by atoms with Gasteiger partial charge in [-0.3, -0.25) is 14.6 Å². The fourth-order valence-corrected chi connectivity index (χ4v) is 4.86. The largest absolute Gasteiger partial charge is 0.497 e. The van der Waals surface area contributed by atoms with Gasteiger partial charge in [0, 0.05) is 25.4 Å². The molecule has 0 aliphatic carbocycles. The molecule has 0 bridgehead atoms. The third-order valence-electron chi connectivity index (χ3n) is 5.46. The van der Waals surface area contributed by atoms with E-state index >= 15 is 0 Å². The summed E-state index contributed by atoms with van der Waals surface area (Å²) in [6.45, 7) is 8.52. The van der Waals surface area contributed by atoms with E-state index in [9.17, 15) is 4.79 Å². The molecule has 2 aromatic carbocycles. The number of hydrogen-bond donors (Lipinski definition) is 0.